The third kappa shape index (κ3) is 2.86. The van der Waals surface area contributed by atoms with E-state index in [1.807, 2.05) is 48.8 Å². The van der Waals surface area contributed by atoms with Gasteiger partial charge in [0.1, 0.15) is 0 Å². The average molecular weight is 246 g/mol. The molecule has 0 radical (unpaired) electrons. The van der Waals surface area contributed by atoms with Crippen molar-refractivity contribution in [2.24, 2.45) is 4.99 Å². The minimum Gasteiger partial charge on any atom is -0.288 e. The second kappa shape index (κ2) is 5.44. The molecule has 3 rings (SSSR count). The van der Waals surface area contributed by atoms with E-state index < -0.39 is 0 Å². The number of pyridine rings is 1. The molecule has 92 valence electrons. The number of aromatic nitrogens is 1. The number of hydrogen-bond donors (Lipinski definition) is 0. The van der Waals surface area contributed by atoms with Gasteiger partial charge in [-0.05, 0) is 17.7 Å². The van der Waals surface area contributed by atoms with Gasteiger partial charge in [0.05, 0.1) is 12.1 Å². The molecule has 0 saturated carbocycles. The highest BCUT2D eigenvalue weighted by molar-refractivity contribution is 5.87. The minimum atomic E-state index is 0.702. The van der Waals surface area contributed by atoms with Gasteiger partial charge in [-0.25, -0.2) is 0 Å². The molecule has 0 atom stereocenters. The van der Waals surface area contributed by atoms with E-state index in [1.54, 1.807) is 0 Å². The summed E-state index contributed by atoms with van der Waals surface area (Å²) in [6.07, 6.45) is 3.74. The van der Waals surface area contributed by atoms with Crippen LogP contribution in [0, 0.1) is 0 Å². The topological polar surface area (TPSA) is 25.2 Å². The summed E-state index contributed by atoms with van der Waals surface area (Å²) in [6.45, 7) is 0.702. The number of fused-ring (bicyclic) bond motifs is 1. The van der Waals surface area contributed by atoms with Crippen LogP contribution in [-0.2, 0) is 6.54 Å². The Labute approximate surface area is 112 Å². The summed E-state index contributed by atoms with van der Waals surface area (Å²) >= 11 is 0. The minimum absolute atomic E-state index is 0.702. The monoisotopic (exact) mass is 246 g/mol. The van der Waals surface area contributed by atoms with Crippen LogP contribution in [0.5, 0.6) is 0 Å². The van der Waals surface area contributed by atoms with Crippen LogP contribution in [0.2, 0.25) is 0 Å². The number of nitrogens with zero attached hydrogens (tertiary/aromatic N) is 2. The van der Waals surface area contributed by atoms with Crippen LogP contribution >= 0.6 is 0 Å². The zero-order chi connectivity index (χ0) is 12.9. The SMILES string of the molecule is C(=NCc1ccccc1)c1cnc2ccccc2c1. The van der Waals surface area contributed by atoms with Gasteiger partial charge in [-0.3, -0.25) is 9.98 Å². The van der Waals surface area contributed by atoms with E-state index in [2.05, 4.69) is 34.2 Å². The van der Waals surface area contributed by atoms with E-state index >= 15 is 0 Å². The summed E-state index contributed by atoms with van der Waals surface area (Å²) in [4.78, 5) is 8.87. The molecule has 1 heterocycles. The van der Waals surface area contributed by atoms with Gasteiger partial charge in [-0.2, -0.15) is 0 Å². The summed E-state index contributed by atoms with van der Waals surface area (Å²) in [5, 5.41) is 1.14. The molecule has 0 amide bonds. The molecule has 0 aliphatic heterocycles. The first-order chi connectivity index (χ1) is 9.42. The Morgan fingerprint density at radius 2 is 1.74 bits per heavy atom. The van der Waals surface area contributed by atoms with E-state index in [4.69, 9.17) is 0 Å². The third-order valence-electron chi connectivity index (χ3n) is 2.97. The van der Waals surface area contributed by atoms with E-state index in [1.165, 1.54) is 5.56 Å². The fourth-order valence-electron chi connectivity index (χ4n) is 2.00. The number of aliphatic imine (C=N–C) groups is 1. The van der Waals surface area contributed by atoms with Crippen LogP contribution in [0.4, 0.5) is 0 Å². The number of para-hydroxylation sites is 1. The molecule has 1 aromatic heterocycles. The molecule has 0 N–H and O–H groups in total. The van der Waals surface area contributed by atoms with Crippen molar-refractivity contribution in [3.8, 4) is 0 Å². The highest BCUT2D eigenvalue weighted by Crippen LogP contribution is 2.11. The molecule has 0 fully saturated rings. The van der Waals surface area contributed by atoms with Crippen molar-refractivity contribution in [1.82, 2.24) is 4.98 Å². The Morgan fingerprint density at radius 3 is 2.63 bits per heavy atom. The van der Waals surface area contributed by atoms with Crippen LogP contribution in [0.3, 0.4) is 0 Å². The Kier molecular flexibility index (Phi) is 3.32. The van der Waals surface area contributed by atoms with E-state index in [-0.39, 0.29) is 0 Å². The molecule has 0 unspecified atom stereocenters. The summed E-state index contributed by atoms with van der Waals surface area (Å²) < 4.78 is 0. The Morgan fingerprint density at radius 1 is 0.947 bits per heavy atom. The van der Waals surface area contributed by atoms with Gasteiger partial charge in [0.2, 0.25) is 0 Å². The van der Waals surface area contributed by atoms with Crippen molar-refractivity contribution in [3.63, 3.8) is 0 Å². The smallest absolute Gasteiger partial charge is 0.0702 e. The van der Waals surface area contributed by atoms with Crippen LogP contribution in [0.25, 0.3) is 10.9 Å². The fourth-order valence-corrected chi connectivity index (χ4v) is 2.00. The molecule has 0 bridgehead atoms. The summed E-state index contributed by atoms with van der Waals surface area (Å²) in [5.41, 5.74) is 3.27. The highest BCUT2D eigenvalue weighted by atomic mass is 14.7. The van der Waals surface area contributed by atoms with E-state index in [9.17, 15) is 0 Å². The van der Waals surface area contributed by atoms with E-state index in [0.29, 0.717) is 6.54 Å². The third-order valence-corrected chi connectivity index (χ3v) is 2.97. The number of benzene rings is 2. The maximum absolute atomic E-state index is 4.45. The van der Waals surface area contributed by atoms with Gasteiger partial charge >= 0.3 is 0 Å². The second-order valence-corrected chi connectivity index (χ2v) is 4.42. The number of rotatable bonds is 3. The standard InChI is InChI=1S/C17H14N2/c1-2-6-14(7-3-1)11-18-12-15-10-16-8-4-5-9-17(16)19-13-15/h1-10,12-13H,11H2. The molecule has 0 aliphatic rings. The molecule has 19 heavy (non-hydrogen) atoms. The van der Waals surface area contributed by atoms with Crippen molar-refractivity contribution in [2.45, 2.75) is 6.54 Å². The predicted octanol–water partition coefficient (Wildman–Crippen LogP) is 3.85. The maximum Gasteiger partial charge on any atom is 0.0702 e. The lowest BCUT2D eigenvalue weighted by Gasteiger charge is -1.98. The first-order valence-corrected chi connectivity index (χ1v) is 6.30. The molecule has 2 nitrogen and oxygen atoms in total. The van der Waals surface area contributed by atoms with Gasteiger partial charge in [-0.15, -0.1) is 0 Å². The zero-order valence-corrected chi connectivity index (χ0v) is 10.5. The van der Waals surface area contributed by atoms with Crippen molar-refractivity contribution in [2.75, 3.05) is 0 Å². The first-order valence-electron chi connectivity index (χ1n) is 6.30. The molecular weight excluding hydrogens is 232 g/mol. The highest BCUT2D eigenvalue weighted by Gasteiger charge is 1.94. The van der Waals surface area contributed by atoms with Crippen LogP contribution < -0.4 is 0 Å². The lowest BCUT2D eigenvalue weighted by Crippen LogP contribution is -1.87. The lowest BCUT2D eigenvalue weighted by molar-refractivity contribution is 1.08. The van der Waals surface area contributed by atoms with Crippen LogP contribution in [0.15, 0.2) is 71.9 Å². The largest absolute Gasteiger partial charge is 0.288 e. The van der Waals surface area contributed by atoms with Crippen LogP contribution in [-0.4, -0.2) is 11.2 Å². The van der Waals surface area contributed by atoms with Gasteiger partial charge in [0.15, 0.2) is 0 Å². The van der Waals surface area contributed by atoms with E-state index in [0.717, 1.165) is 16.5 Å². The molecule has 0 saturated heterocycles. The van der Waals surface area contributed by atoms with Crippen molar-refractivity contribution < 1.29 is 0 Å². The van der Waals surface area contributed by atoms with Gasteiger partial charge < -0.3 is 0 Å². The Balaban J connectivity index is 1.78. The van der Waals surface area contributed by atoms with Crippen LogP contribution in [0.1, 0.15) is 11.1 Å². The normalized spacial score (nSPS) is 11.2. The molecule has 0 aliphatic carbocycles. The van der Waals surface area contributed by atoms with Gasteiger partial charge in [0.25, 0.3) is 0 Å². The molecule has 3 aromatic rings. The summed E-state index contributed by atoms with van der Waals surface area (Å²) in [6, 6.07) is 20.4. The quantitative estimate of drug-likeness (QED) is 0.644. The lowest BCUT2D eigenvalue weighted by atomic mass is 10.2. The van der Waals surface area contributed by atoms with Crippen molar-refractivity contribution in [3.05, 3.63) is 78.0 Å². The molecule has 0 spiro atoms. The average Bonchev–Trinajstić information content (AvgIpc) is 2.48. The Hall–Kier alpha value is -2.48. The van der Waals surface area contributed by atoms with Gasteiger partial charge in [-0.1, -0.05) is 48.5 Å². The first kappa shape index (κ1) is 11.6. The zero-order valence-electron chi connectivity index (χ0n) is 10.5. The fraction of sp³-hybridized carbons (Fsp3) is 0.0588. The van der Waals surface area contributed by atoms with Gasteiger partial charge in [0, 0.05) is 23.4 Å². The maximum atomic E-state index is 4.45. The number of hydrogen-bond acceptors (Lipinski definition) is 2. The van der Waals surface area contributed by atoms with Crippen molar-refractivity contribution >= 4 is 17.1 Å². The summed E-state index contributed by atoms with van der Waals surface area (Å²) in [5.74, 6) is 0. The summed E-state index contributed by atoms with van der Waals surface area (Å²) in [7, 11) is 0. The molecule has 2 aromatic carbocycles. The molecule has 2 heteroatoms. The Bertz CT molecular complexity index is 703. The predicted molar refractivity (Wildman–Crippen MR) is 79.5 cm³/mol. The second-order valence-electron chi connectivity index (χ2n) is 4.42. The van der Waals surface area contributed by atoms with Crippen molar-refractivity contribution in [1.29, 1.82) is 0 Å². The molecular formula is C17H14N2.